The van der Waals surface area contributed by atoms with Crippen molar-refractivity contribution in [3.05, 3.63) is 41.8 Å². The quantitative estimate of drug-likeness (QED) is 0.943. The predicted molar refractivity (Wildman–Crippen MR) is 84.7 cm³/mol. The van der Waals surface area contributed by atoms with Crippen LogP contribution in [0.1, 0.15) is 18.5 Å². The van der Waals surface area contributed by atoms with Crippen LogP contribution >= 0.6 is 0 Å². The van der Waals surface area contributed by atoms with Crippen molar-refractivity contribution in [2.45, 2.75) is 19.8 Å². The molecule has 1 aromatic carbocycles. The Labute approximate surface area is 133 Å². The van der Waals surface area contributed by atoms with Gasteiger partial charge >= 0.3 is 5.97 Å². The lowest BCUT2D eigenvalue weighted by molar-refractivity contribution is -0.142. The Bertz CT molecular complexity index is 728. The van der Waals surface area contributed by atoms with Crippen molar-refractivity contribution in [1.29, 1.82) is 0 Å². The predicted octanol–water partition coefficient (Wildman–Crippen LogP) is 2.89. The molecule has 0 atom stereocenters. The summed E-state index contributed by atoms with van der Waals surface area (Å²) in [5, 5.41) is 9.08. The van der Waals surface area contributed by atoms with E-state index < -0.39 is 5.97 Å². The molecule has 0 saturated carbocycles. The molecule has 5 nitrogen and oxygen atoms in total. The third-order valence-electron chi connectivity index (χ3n) is 4.12. The van der Waals surface area contributed by atoms with Gasteiger partial charge in [-0.3, -0.25) is 4.79 Å². The van der Waals surface area contributed by atoms with Gasteiger partial charge in [0.15, 0.2) is 5.82 Å². The monoisotopic (exact) mass is 315 g/mol. The number of carboxylic acids is 1. The van der Waals surface area contributed by atoms with Gasteiger partial charge in [-0.15, -0.1) is 0 Å². The number of aromatic nitrogens is 2. The number of nitrogens with zero attached hydrogens (tertiary/aromatic N) is 3. The van der Waals surface area contributed by atoms with Gasteiger partial charge in [-0.25, -0.2) is 14.4 Å². The van der Waals surface area contributed by atoms with E-state index in [1.165, 1.54) is 6.07 Å². The van der Waals surface area contributed by atoms with Crippen molar-refractivity contribution in [1.82, 2.24) is 9.97 Å². The second kappa shape index (κ2) is 6.32. The van der Waals surface area contributed by atoms with Crippen LogP contribution < -0.4 is 4.90 Å². The van der Waals surface area contributed by atoms with Crippen LogP contribution in [0.25, 0.3) is 11.4 Å². The lowest BCUT2D eigenvalue weighted by Gasteiger charge is -2.31. The van der Waals surface area contributed by atoms with Crippen molar-refractivity contribution in [3.63, 3.8) is 0 Å². The minimum atomic E-state index is -0.740. The van der Waals surface area contributed by atoms with Crippen LogP contribution in [-0.4, -0.2) is 34.1 Å². The van der Waals surface area contributed by atoms with E-state index in [9.17, 15) is 9.18 Å². The number of aliphatic carboxylic acids is 1. The van der Waals surface area contributed by atoms with Crippen LogP contribution in [0.15, 0.2) is 30.3 Å². The molecule has 1 saturated heterocycles. The molecule has 3 rings (SSSR count). The fourth-order valence-corrected chi connectivity index (χ4v) is 2.83. The minimum absolute atomic E-state index is 0.291. The fourth-order valence-electron chi connectivity index (χ4n) is 2.83. The second-order valence-electron chi connectivity index (χ2n) is 5.77. The molecular weight excluding hydrogens is 297 g/mol. The van der Waals surface area contributed by atoms with E-state index >= 15 is 0 Å². The minimum Gasteiger partial charge on any atom is -0.481 e. The van der Waals surface area contributed by atoms with E-state index in [0.717, 1.165) is 11.5 Å². The average Bonchev–Trinajstić information content (AvgIpc) is 2.55. The summed E-state index contributed by atoms with van der Waals surface area (Å²) in [5.74, 6) is -0.303. The molecule has 2 aromatic rings. The molecule has 1 aliphatic rings. The Kier molecular flexibility index (Phi) is 4.23. The van der Waals surface area contributed by atoms with Crippen molar-refractivity contribution in [2.75, 3.05) is 18.0 Å². The topological polar surface area (TPSA) is 66.3 Å². The molecule has 0 aliphatic carbocycles. The molecule has 23 heavy (non-hydrogen) atoms. The van der Waals surface area contributed by atoms with Gasteiger partial charge in [0.2, 0.25) is 0 Å². The second-order valence-corrected chi connectivity index (χ2v) is 5.77. The number of anilines is 1. The lowest BCUT2D eigenvalue weighted by atomic mass is 9.97. The first-order chi connectivity index (χ1) is 11.0. The summed E-state index contributed by atoms with van der Waals surface area (Å²) in [7, 11) is 0. The van der Waals surface area contributed by atoms with Gasteiger partial charge in [0.05, 0.1) is 11.5 Å². The Balaban J connectivity index is 1.87. The van der Waals surface area contributed by atoms with Crippen LogP contribution in [-0.2, 0) is 4.79 Å². The smallest absolute Gasteiger partial charge is 0.306 e. The standard InChI is InChI=1S/C17H18FN3O2/c1-11-10-15(21-8-6-12(7-9-21)17(22)23)20-16(19-11)13-4-2-3-5-14(13)18/h2-5,10,12H,6-9H2,1H3,(H,22,23). The molecule has 0 unspecified atom stereocenters. The Morgan fingerprint density at radius 1 is 1.26 bits per heavy atom. The summed E-state index contributed by atoms with van der Waals surface area (Å²) >= 11 is 0. The maximum Gasteiger partial charge on any atom is 0.306 e. The Hall–Kier alpha value is -2.50. The zero-order valence-electron chi connectivity index (χ0n) is 12.9. The molecule has 120 valence electrons. The number of aryl methyl sites for hydroxylation is 1. The highest BCUT2D eigenvalue weighted by Crippen LogP contribution is 2.26. The molecular formula is C17H18FN3O2. The van der Waals surface area contributed by atoms with Gasteiger partial charge < -0.3 is 10.0 Å². The summed E-state index contributed by atoms with van der Waals surface area (Å²) in [4.78, 5) is 21.9. The third-order valence-corrected chi connectivity index (χ3v) is 4.12. The summed E-state index contributed by atoms with van der Waals surface area (Å²) in [5.41, 5.74) is 1.13. The molecule has 0 radical (unpaired) electrons. The zero-order chi connectivity index (χ0) is 16.4. The van der Waals surface area contributed by atoms with Gasteiger partial charge in [0, 0.05) is 24.8 Å². The molecule has 0 spiro atoms. The van der Waals surface area contributed by atoms with Gasteiger partial charge in [-0.1, -0.05) is 12.1 Å². The third kappa shape index (κ3) is 3.31. The molecule has 1 aromatic heterocycles. The van der Waals surface area contributed by atoms with Crippen LogP contribution in [0.3, 0.4) is 0 Å². The summed E-state index contributed by atoms with van der Waals surface area (Å²) in [6.45, 7) is 3.10. The fraction of sp³-hybridized carbons (Fsp3) is 0.353. The first-order valence-corrected chi connectivity index (χ1v) is 7.63. The van der Waals surface area contributed by atoms with Crippen LogP contribution in [0.5, 0.6) is 0 Å². The highest BCUT2D eigenvalue weighted by Gasteiger charge is 2.25. The van der Waals surface area contributed by atoms with Gasteiger partial charge in [0.25, 0.3) is 0 Å². The van der Waals surface area contributed by atoms with Crippen molar-refractivity contribution >= 4 is 11.8 Å². The number of benzene rings is 1. The normalized spacial score (nSPS) is 15.7. The van der Waals surface area contributed by atoms with Gasteiger partial charge in [-0.05, 0) is 31.9 Å². The highest BCUT2D eigenvalue weighted by molar-refractivity contribution is 5.70. The van der Waals surface area contributed by atoms with E-state index in [0.29, 0.717) is 37.3 Å². The van der Waals surface area contributed by atoms with E-state index in [1.807, 2.05) is 17.9 Å². The first-order valence-electron chi connectivity index (χ1n) is 7.63. The molecule has 1 N–H and O–H groups in total. The molecule has 6 heteroatoms. The van der Waals surface area contributed by atoms with Crippen molar-refractivity contribution in [2.24, 2.45) is 5.92 Å². The summed E-state index contributed by atoms with van der Waals surface area (Å²) in [6.07, 6.45) is 1.18. The zero-order valence-corrected chi connectivity index (χ0v) is 12.9. The number of rotatable bonds is 3. The number of halogens is 1. The number of hydrogen-bond donors (Lipinski definition) is 1. The summed E-state index contributed by atoms with van der Waals surface area (Å²) in [6, 6.07) is 8.28. The number of carbonyl (C=O) groups is 1. The van der Waals surface area contributed by atoms with Gasteiger partial charge in [-0.2, -0.15) is 0 Å². The van der Waals surface area contributed by atoms with Crippen LogP contribution in [0.2, 0.25) is 0 Å². The molecule has 1 aliphatic heterocycles. The first kappa shape index (κ1) is 15.4. The Morgan fingerprint density at radius 3 is 2.61 bits per heavy atom. The Morgan fingerprint density at radius 2 is 1.96 bits per heavy atom. The van der Waals surface area contributed by atoms with Crippen molar-refractivity contribution < 1.29 is 14.3 Å². The maximum atomic E-state index is 14.0. The number of hydrogen-bond acceptors (Lipinski definition) is 4. The van der Waals surface area contributed by atoms with E-state index in [4.69, 9.17) is 5.11 Å². The van der Waals surface area contributed by atoms with Crippen molar-refractivity contribution in [3.8, 4) is 11.4 Å². The molecule has 0 bridgehead atoms. The SMILES string of the molecule is Cc1cc(N2CCC(C(=O)O)CC2)nc(-c2ccccc2F)n1. The largest absolute Gasteiger partial charge is 0.481 e. The molecule has 2 heterocycles. The molecule has 1 fully saturated rings. The average molecular weight is 315 g/mol. The van der Waals surface area contributed by atoms with E-state index in [1.54, 1.807) is 18.2 Å². The number of piperidine rings is 1. The van der Waals surface area contributed by atoms with Crippen LogP contribution in [0.4, 0.5) is 10.2 Å². The summed E-state index contributed by atoms with van der Waals surface area (Å²) < 4.78 is 14.0. The molecule has 0 amide bonds. The number of carboxylic acid groups (broad SMARTS) is 1. The highest BCUT2D eigenvalue weighted by atomic mass is 19.1. The van der Waals surface area contributed by atoms with E-state index in [-0.39, 0.29) is 11.7 Å². The van der Waals surface area contributed by atoms with Gasteiger partial charge in [0.1, 0.15) is 11.6 Å². The maximum absolute atomic E-state index is 14.0. The van der Waals surface area contributed by atoms with Crippen LogP contribution in [0, 0.1) is 18.7 Å². The lowest BCUT2D eigenvalue weighted by Crippen LogP contribution is -2.36. The van der Waals surface area contributed by atoms with E-state index in [2.05, 4.69) is 9.97 Å².